The largest absolute Gasteiger partial charge is 0.403 e. The first-order chi connectivity index (χ1) is 20.7. The number of hydrogen-bond donors (Lipinski definition) is 6. The molecule has 244 valence electrons. The lowest BCUT2D eigenvalue weighted by atomic mass is 9.99. The van der Waals surface area contributed by atoms with Crippen molar-refractivity contribution in [3.8, 4) is 0 Å². The molecule has 0 aliphatic carbocycles. The molecule has 1 aromatic carbocycles. The Bertz CT molecular complexity index is 1160. The third-order valence-corrected chi connectivity index (χ3v) is 7.01. The summed E-state index contributed by atoms with van der Waals surface area (Å²) in [5.74, 6) is -2.90. The molecule has 44 heavy (non-hydrogen) atoms. The first kappa shape index (κ1) is 36.2. The van der Waals surface area contributed by atoms with E-state index in [1.165, 1.54) is 0 Å². The van der Waals surface area contributed by atoms with E-state index in [1.807, 2.05) is 0 Å². The molecule has 1 aromatic rings. The maximum absolute atomic E-state index is 14.0. The number of anilines is 1. The molecule has 0 unspecified atom stereocenters. The van der Waals surface area contributed by atoms with Crippen LogP contribution in [0.1, 0.15) is 57.9 Å². The van der Waals surface area contributed by atoms with Gasteiger partial charge in [-0.1, -0.05) is 38.8 Å². The number of hydrogen-bond acceptors (Lipinski definition) is 7. The van der Waals surface area contributed by atoms with Crippen molar-refractivity contribution in [1.82, 2.24) is 20.9 Å². The summed E-state index contributed by atoms with van der Waals surface area (Å²) in [6, 6.07) is 1.08. The highest BCUT2D eigenvalue weighted by atomic mass is 19.4. The molecule has 0 bridgehead atoms. The molecule has 0 saturated carbocycles. The van der Waals surface area contributed by atoms with Crippen LogP contribution in [0.4, 0.5) is 23.7 Å². The molecule has 15 heteroatoms. The van der Waals surface area contributed by atoms with Gasteiger partial charge in [0.15, 0.2) is 0 Å². The number of nitrogens with zero attached hydrogens (tertiary/aromatic N) is 1. The predicted molar refractivity (Wildman–Crippen MR) is 156 cm³/mol. The summed E-state index contributed by atoms with van der Waals surface area (Å²) in [6.07, 6.45) is -1.65. The molecule has 0 fully saturated rings. The van der Waals surface area contributed by atoms with Crippen molar-refractivity contribution in [2.24, 2.45) is 11.7 Å². The minimum Gasteiger partial charge on any atom is -0.392 e. The van der Waals surface area contributed by atoms with Gasteiger partial charge in [0.1, 0.15) is 12.1 Å². The summed E-state index contributed by atoms with van der Waals surface area (Å²) in [7, 11) is 0. The highest BCUT2D eigenvalue weighted by Gasteiger charge is 2.42. The number of unbranched alkanes of at least 4 members (excludes halogenated alkanes) is 2. The molecular formula is C29H41F3N6O6. The highest BCUT2D eigenvalue weighted by Crippen LogP contribution is 2.26. The number of nitrogens with one attached hydrogen (secondary N) is 4. The number of carbonyl (C=O) groups is 5. The van der Waals surface area contributed by atoms with Gasteiger partial charge in [0, 0.05) is 30.9 Å². The monoisotopic (exact) mass is 626 g/mol. The van der Waals surface area contributed by atoms with Gasteiger partial charge in [0.2, 0.25) is 11.8 Å². The summed E-state index contributed by atoms with van der Waals surface area (Å²) in [5.41, 5.74) is 6.07. The predicted octanol–water partition coefficient (Wildman–Crippen LogP) is 2.08. The highest BCUT2D eigenvalue weighted by molar-refractivity contribution is 6.12. The summed E-state index contributed by atoms with van der Waals surface area (Å²) in [4.78, 5) is 61.7. The van der Waals surface area contributed by atoms with Crippen LogP contribution in [0.3, 0.4) is 0 Å². The van der Waals surface area contributed by atoms with Gasteiger partial charge in [-0.2, -0.15) is 13.2 Å². The van der Waals surface area contributed by atoms with E-state index in [2.05, 4.69) is 21.3 Å². The number of carbonyl (C=O) groups excluding carboxylic acids is 5. The summed E-state index contributed by atoms with van der Waals surface area (Å²) in [5, 5.41) is 19.2. The summed E-state index contributed by atoms with van der Waals surface area (Å²) in [6.45, 7) is 3.18. The van der Waals surface area contributed by atoms with Crippen LogP contribution < -0.4 is 27.0 Å². The van der Waals surface area contributed by atoms with E-state index in [1.54, 1.807) is 38.1 Å². The SMILES string of the molecule is CC(C)[C@H](N[C@@H](CCCCCN1C(=O)C=CC1=O)C(F)(F)F)C(=O)N[C@@H](CCCNC(N)=O)C(=O)Nc1ccc(CO)cc1. The molecule has 0 aromatic heterocycles. The van der Waals surface area contributed by atoms with Gasteiger partial charge in [-0.15, -0.1) is 0 Å². The van der Waals surface area contributed by atoms with Gasteiger partial charge in [0.05, 0.1) is 12.6 Å². The normalized spacial score (nSPS) is 15.3. The van der Waals surface area contributed by atoms with E-state index in [4.69, 9.17) is 5.73 Å². The molecule has 0 saturated heterocycles. The fourth-order valence-corrected chi connectivity index (χ4v) is 4.55. The van der Waals surface area contributed by atoms with Crippen LogP contribution >= 0.6 is 0 Å². The number of halogens is 3. The van der Waals surface area contributed by atoms with Crippen LogP contribution in [0.15, 0.2) is 36.4 Å². The Kier molecular flexibility index (Phi) is 14.3. The maximum atomic E-state index is 14.0. The number of benzene rings is 1. The van der Waals surface area contributed by atoms with E-state index >= 15 is 0 Å². The van der Waals surface area contributed by atoms with Gasteiger partial charge in [-0.05, 0) is 49.3 Å². The van der Waals surface area contributed by atoms with Crippen molar-refractivity contribution in [3.63, 3.8) is 0 Å². The Morgan fingerprint density at radius 1 is 0.932 bits per heavy atom. The standard InChI is InChI=1S/C29H41F3N6O6/c1-18(2)25(37-22(29(30,31)32)8-4-3-5-16-38-23(40)13-14-24(38)41)27(43)36-21(7-6-15-34-28(33)44)26(42)35-20-11-9-19(17-39)10-12-20/h9-14,18,21-22,25,37,39H,3-8,15-17H2,1-2H3,(H,35,42)(H,36,43)(H3,33,34,44)/t21-,22-,25-/m0/s1. The topological polar surface area (TPSA) is 183 Å². The molecule has 0 spiro atoms. The zero-order chi connectivity index (χ0) is 32.9. The van der Waals surface area contributed by atoms with Crippen molar-refractivity contribution < 1.29 is 42.3 Å². The second-order valence-electron chi connectivity index (χ2n) is 10.8. The van der Waals surface area contributed by atoms with Gasteiger partial charge < -0.3 is 26.8 Å². The molecule has 12 nitrogen and oxygen atoms in total. The number of alkyl halides is 3. The average Bonchev–Trinajstić information content (AvgIpc) is 3.27. The van der Waals surface area contributed by atoms with E-state index in [0.29, 0.717) is 24.1 Å². The average molecular weight is 627 g/mol. The Hall–Kier alpha value is -3.98. The van der Waals surface area contributed by atoms with Crippen molar-refractivity contribution in [1.29, 1.82) is 0 Å². The third kappa shape index (κ3) is 12.0. The number of imide groups is 1. The molecule has 2 rings (SSSR count). The van der Waals surface area contributed by atoms with E-state index in [9.17, 15) is 42.3 Å². The van der Waals surface area contributed by atoms with Crippen LogP contribution in [0.5, 0.6) is 0 Å². The number of amides is 6. The zero-order valence-corrected chi connectivity index (χ0v) is 24.8. The van der Waals surface area contributed by atoms with E-state index in [0.717, 1.165) is 17.1 Å². The van der Waals surface area contributed by atoms with Crippen molar-refractivity contribution in [2.75, 3.05) is 18.4 Å². The summed E-state index contributed by atoms with van der Waals surface area (Å²) < 4.78 is 42.0. The number of aliphatic hydroxyl groups excluding tert-OH is 1. The number of rotatable bonds is 18. The van der Waals surface area contributed by atoms with Crippen molar-refractivity contribution in [3.05, 3.63) is 42.0 Å². The van der Waals surface area contributed by atoms with Crippen LogP contribution in [0, 0.1) is 5.92 Å². The molecule has 1 aliphatic rings. The molecule has 1 aliphatic heterocycles. The Morgan fingerprint density at radius 2 is 1.57 bits per heavy atom. The minimum atomic E-state index is -4.67. The number of urea groups is 1. The van der Waals surface area contributed by atoms with Crippen LogP contribution in [0.2, 0.25) is 0 Å². The number of nitrogens with two attached hydrogens (primary N) is 1. The lowest BCUT2D eigenvalue weighted by Gasteiger charge is -2.30. The fraction of sp³-hybridized carbons (Fsp3) is 0.552. The number of aliphatic hydroxyl groups is 1. The van der Waals surface area contributed by atoms with E-state index < -0.39 is 59.9 Å². The lowest BCUT2D eigenvalue weighted by Crippen LogP contribution is -2.58. The minimum absolute atomic E-state index is 0.0532. The van der Waals surface area contributed by atoms with Gasteiger partial charge in [-0.3, -0.25) is 29.4 Å². The van der Waals surface area contributed by atoms with Crippen LogP contribution in [-0.2, 0) is 25.8 Å². The van der Waals surface area contributed by atoms with Gasteiger partial charge >= 0.3 is 12.2 Å². The maximum Gasteiger partial charge on any atom is 0.403 e. The Balaban J connectivity index is 2.05. The third-order valence-electron chi connectivity index (χ3n) is 7.01. The Morgan fingerprint density at radius 3 is 2.11 bits per heavy atom. The smallest absolute Gasteiger partial charge is 0.392 e. The molecule has 6 amide bonds. The lowest BCUT2D eigenvalue weighted by molar-refractivity contribution is -0.161. The molecule has 7 N–H and O–H groups in total. The van der Waals surface area contributed by atoms with Crippen LogP contribution in [0.25, 0.3) is 0 Å². The quantitative estimate of drug-likeness (QED) is 0.106. The van der Waals surface area contributed by atoms with Crippen molar-refractivity contribution >= 4 is 35.3 Å². The second kappa shape index (κ2) is 17.3. The molecule has 0 radical (unpaired) electrons. The molecular weight excluding hydrogens is 585 g/mol. The van der Waals surface area contributed by atoms with Crippen molar-refractivity contribution in [2.45, 2.75) is 83.3 Å². The second-order valence-corrected chi connectivity index (χ2v) is 10.8. The van der Waals surface area contributed by atoms with Gasteiger partial charge in [0.25, 0.3) is 11.8 Å². The summed E-state index contributed by atoms with van der Waals surface area (Å²) >= 11 is 0. The fourth-order valence-electron chi connectivity index (χ4n) is 4.55. The first-order valence-corrected chi connectivity index (χ1v) is 14.4. The Labute approximate surface area is 254 Å². The zero-order valence-electron chi connectivity index (χ0n) is 24.8. The van der Waals surface area contributed by atoms with E-state index in [-0.39, 0.29) is 45.4 Å². The van der Waals surface area contributed by atoms with Crippen LogP contribution in [-0.4, -0.2) is 77.1 Å². The molecule has 1 heterocycles. The molecule has 3 atom stereocenters. The first-order valence-electron chi connectivity index (χ1n) is 14.4. The number of primary amides is 1. The van der Waals surface area contributed by atoms with Gasteiger partial charge in [-0.25, -0.2) is 4.79 Å².